The molecule has 9 nitrogen and oxygen atoms in total. The normalized spacial score (nSPS) is 19.3. The number of halogens is 1. The fraction of sp³-hybridized carbons (Fsp3) is 0.476. The van der Waals surface area contributed by atoms with Crippen LogP contribution in [0.1, 0.15) is 37.7 Å². The minimum atomic E-state index is -3.33. The zero-order chi connectivity index (χ0) is 23.3. The van der Waals surface area contributed by atoms with E-state index in [0.717, 1.165) is 30.6 Å². The first-order valence-electron chi connectivity index (χ1n) is 10.6. The highest BCUT2D eigenvalue weighted by Gasteiger charge is 2.36. The van der Waals surface area contributed by atoms with Crippen LogP contribution in [-0.4, -0.2) is 56.4 Å². The fourth-order valence-electron chi connectivity index (χ4n) is 3.24. The predicted molar refractivity (Wildman–Crippen MR) is 124 cm³/mol. The fourth-order valence-corrected chi connectivity index (χ4v) is 5.70. The molecule has 1 aliphatic heterocycles. The quantitative estimate of drug-likeness (QED) is 0.293. The smallest absolute Gasteiger partial charge is 0.280 e. The third-order valence-electron chi connectivity index (χ3n) is 5.10. The van der Waals surface area contributed by atoms with Crippen LogP contribution in [0.2, 0.25) is 4.34 Å². The number of anilines is 1. The Labute approximate surface area is 201 Å². The summed E-state index contributed by atoms with van der Waals surface area (Å²) in [5, 5.41) is 6.62. The van der Waals surface area contributed by atoms with Crippen LogP contribution in [0.15, 0.2) is 40.5 Å². The van der Waals surface area contributed by atoms with Crippen molar-refractivity contribution in [2.75, 3.05) is 25.1 Å². The average Bonchev–Trinajstić information content (AvgIpc) is 3.60. The largest absolute Gasteiger partial charge is 0.393 e. The number of nitrogens with one attached hydrogen (secondary N) is 1. The first-order valence-corrected chi connectivity index (χ1v) is 13.4. The molecule has 33 heavy (non-hydrogen) atoms. The topological polar surface area (TPSA) is 116 Å². The van der Waals surface area contributed by atoms with Gasteiger partial charge in [0, 0.05) is 12.2 Å². The van der Waals surface area contributed by atoms with Crippen molar-refractivity contribution in [3.05, 3.63) is 40.4 Å². The van der Waals surface area contributed by atoms with E-state index in [1.807, 2.05) is 0 Å². The number of rotatable bonds is 10. The van der Waals surface area contributed by atoms with Crippen molar-refractivity contribution in [3.8, 4) is 0 Å². The standard InChI is InChI=1S/C21H24ClN3O6S2/c22-17-13-23-21(32-17)24-20(26)19(25-31-12-11-30-18-3-1-2-10-29-18)14-4-6-15(7-5-14)33(27,28)16-8-9-16/h4-7,13,16,18H,1-3,8-12H2,(H,23,24,26)/b25-19+. The molecule has 1 aliphatic carbocycles. The first kappa shape index (κ1) is 24.1. The van der Waals surface area contributed by atoms with E-state index in [4.69, 9.17) is 25.9 Å². The van der Waals surface area contributed by atoms with Crippen LogP contribution in [0.4, 0.5) is 5.13 Å². The molecule has 1 aromatic heterocycles. The van der Waals surface area contributed by atoms with Crippen molar-refractivity contribution >= 4 is 49.5 Å². The molecule has 2 heterocycles. The summed E-state index contributed by atoms with van der Waals surface area (Å²) in [6, 6.07) is 6.04. The Kier molecular flexibility index (Phi) is 7.97. The molecule has 1 saturated heterocycles. The number of ether oxygens (including phenoxy) is 2. The molecule has 4 rings (SSSR count). The van der Waals surface area contributed by atoms with E-state index in [9.17, 15) is 13.2 Å². The number of sulfone groups is 1. The highest BCUT2D eigenvalue weighted by Crippen LogP contribution is 2.33. The summed E-state index contributed by atoms with van der Waals surface area (Å²) in [4.78, 5) is 22.4. The number of carbonyl (C=O) groups is 1. The van der Waals surface area contributed by atoms with E-state index >= 15 is 0 Å². The van der Waals surface area contributed by atoms with Gasteiger partial charge in [0.05, 0.1) is 22.9 Å². The molecule has 2 aliphatic rings. The number of thiazole rings is 1. The molecular formula is C21H24ClN3O6S2. The molecule has 1 unspecified atom stereocenters. The van der Waals surface area contributed by atoms with E-state index in [1.54, 1.807) is 0 Å². The molecule has 1 aromatic carbocycles. The Bertz CT molecular complexity index is 1090. The van der Waals surface area contributed by atoms with Gasteiger partial charge >= 0.3 is 0 Å². The number of aromatic nitrogens is 1. The Morgan fingerprint density at radius 2 is 2.00 bits per heavy atom. The lowest BCUT2D eigenvalue weighted by Crippen LogP contribution is -2.25. The maximum Gasteiger partial charge on any atom is 0.280 e. The zero-order valence-corrected chi connectivity index (χ0v) is 20.1. The van der Waals surface area contributed by atoms with Gasteiger partial charge in [0.2, 0.25) is 0 Å². The Balaban J connectivity index is 1.44. The van der Waals surface area contributed by atoms with E-state index in [-0.39, 0.29) is 35.4 Å². The maximum atomic E-state index is 12.9. The van der Waals surface area contributed by atoms with Crippen LogP contribution >= 0.6 is 22.9 Å². The van der Waals surface area contributed by atoms with Gasteiger partial charge in [0.1, 0.15) is 10.9 Å². The summed E-state index contributed by atoms with van der Waals surface area (Å²) in [6.07, 6.45) is 5.46. The number of nitrogens with zero attached hydrogens (tertiary/aromatic N) is 2. The van der Waals surface area contributed by atoms with Crippen molar-refractivity contribution < 1.29 is 27.5 Å². The molecular weight excluding hydrogens is 490 g/mol. The lowest BCUT2D eigenvalue weighted by Gasteiger charge is -2.22. The summed E-state index contributed by atoms with van der Waals surface area (Å²) < 4.78 is 36.4. The number of carbonyl (C=O) groups excluding carboxylic acids is 1. The van der Waals surface area contributed by atoms with Gasteiger partial charge in [-0.05, 0) is 44.2 Å². The lowest BCUT2D eigenvalue weighted by atomic mass is 10.1. The van der Waals surface area contributed by atoms with Gasteiger partial charge in [0.25, 0.3) is 5.91 Å². The molecule has 2 fully saturated rings. The molecule has 0 bridgehead atoms. The van der Waals surface area contributed by atoms with Crippen LogP contribution in [0.5, 0.6) is 0 Å². The van der Waals surface area contributed by atoms with Crippen LogP contribution in [0.3, 0.4) is 0 Å². The Hall–Kier alpha value is -2.05. The van der Waals surface area contributed by atoms with Crippen LogP contribution in [0, 0.1) is 0 Å². The minimum absolute atomic E-state index is 0.0226. The molecule has 0 radical (unpaired) electrons. The van der Waals surface area contributed by atoms with Crippen LogP contribution in [0.25, 0.3) is 0 Å². The second-order valence-electron chi connectivity index (χ2n) is 7.63. The number of hydrogen-bond acceptors (Lipinski definition) is 9. The molecule has 1 atom stereocenters. The van der Waals surface area contributed by atoms with Crippen molar-refractivity contribution in [1.82, 2.24) is 4.98 Å². The van der Waals surface area contributed by atoms with Crippen molar-refractivity contribution in [3.63, 3.8) is 0 Å². The second kappa shape index (κ2) is 10.9. The van der Waals surface area contributed by atoms with E-state index in [1.165, 1.54) is 30.5 Å². The number of benzene rings is 1. The van der Waals surface area contributed by atoms with E-state index < -0.39 is 15.7 Å². The van der Waals surface area contributed by atoms with Crippen LogP contribution < -0.4 is 5.32 Å². The van der Waals surface area contributed by atoms with E-state index in [2.05, 4.69) is 15.5 Å². The average molecular weight is 514 g/mol. The predicted octanol–water partition coefficient (Wildman–Crippen LogP) is 3.64. The molecule has 2 aromatic rings. The van der Waals surface area contributed by atoms with Crippen molar-refractivity contribution in [2.45, 2.75) is 48.5 Å². The number of amides is 1. The van der Waals surface area contributed by atoms with Gasteiger partial charge in [0.15, 0.2) is 27.0 Å². The molecule has 0 spiro atoms. The van der Waals surface area contributed by atoms with Gasteiger partial charge < -0.3 is 14.3 Å². The molecule has 1 N–H and O–H groups in total. The summed E-state index contributed by atoms with van der Waals surface area (Å²) >= 11 is 6.99. The lowest BCUT2D eigenvalue weighted by molar-refractivity contribution is -0.169. The summed E-state index contributed by atoms with van der Waals surface area (Å²) in [7, 11) is -3.33. The third kappa shape index (κ3) is 6.51. The van der Waals surface area contributed by atoms with Gasteiger partial charge in [-0.25, -0.2) is 13.4 Å². The minimum Gasteiger partial charge on any atom is -0.393 e. The van der Waals surface area contributed by atoms with Gasteiger partial charge in [-0.2, -0.15) is 0 Å². The Morgan fingerprint density at radius 1 is 1.21 bits per heavy atom. The maximum absolute atomic E-state index is 12.9. The summed E-state index contributed by atoms with van der Waals surface area (Å²) in [5.74, 6) is -0.560. The highest BCUT2D eigenvalue weighted by atomic mass is 35.5. The zero-order valence-electron chi connectivity index (χ0n) is 17.7. The molecule has 1 saturated carbocycles. The third-order valence-corrected chi connectivity index (χ3v) is 8.41. The van der Waals surface area contributed by atoms with Crippen LogP contribution in [-0.2, 0) is 28.9 Å². The molecule has 12 heteroatoms. The van der Waals surface area contributed by atoms with Gasteiger partial charge in [-0.15, -0.1) is 0 Å². The monoisotopic (exact) mass is 513 g/mol. The summed E-state index contributed by atoms with van der Waals surface area (Å²) in [6.45, 7) is 1.05. The van der Waals surface area contributed by atoms with Crippen molar-refractivity contribution in [2.24, 2.45) is 5.16 Å². The first-order chi connectivity index (χ1) is 15.9. The number of hydrogen-bond donors (Lipinski definition) is 1. The van der Waals surface area contributed by atoms with Crippen molar-refractivity contribution in [1.29, 1.82) is 0 Å². The second-order valence-corrected chi connectivity index (χ2v) is 11.5. The Morgan fingerprint density at radius 3 is 2.64 bits per heavy atom. The summed E-state index contributed by atoms with van der Waals surface area (Å²) in [5.41, 5.74) is 0.382. The molecule has 1 amide bonds. The number of oxime groups is 1. The van der Waals surface area contributed by atoms with Gasteiger partial charge in [-0.1, -0.05) is 40.2 Å². The SMILES string of the molecule is O=C(Nc1ncc(Cl)s1)/C(=N/OCCOC1CCCCO1)c1ccc(S(=O)(=O)C2CC2)cc1. The molecule has 178 valence electrons. The van der Waals surface area contributed by atoms with E-state index in [0.29, 0.717) is 34.5 Å². The van der Waals surface area contributed by atoms with Gasteiger partial charge in [-0.3, -0.25) is 10.1 Å². The highest BCUT2D eigenvalue weighted by molar-refractivity contribution is 7.92.